The Bertz CT molecular complexity index is 317. The minimum absolute atomic E-state index is 0.0411. The van der Waals surface area contributed by atoms with Crippen molar-refractivity contribution in [2.24, 2.45) is 5.73 Å². The lowest BCUT2D eigenvalue weighted by Crippen LogP contribution is -2.48. The summed E-state index contributed by atoms with van der Waals surface area (Å²) in [6.45, 7) is 5.15. The van der Waals surface area contributed by atoms with Gasteiger partial charge < -0.3 is 21.5 Å². The Hall–Kier alpha value is -2.05. The van der Waals surface area contributed by atoms with Crippen LogP contribution < -0.4 is 16.4 Å². The molecule has 0 aliphatic carbocycles. The lowest BCUT2D eigenvalue weighted by atomic mass is 10.1. The smallest absolute Gasteiger partial charge is 0.326 e. The summed E-state index contributed by atoms with van der Waals surface area (Å²) in [5.41, 5.74) is 4.90. The molecular formula is C10H17N3O4. The Kier molecular flexibility index (Phi) is 6.39. The summed E-state index contributed by atoms with van der Waals surface area (Å²) in [5.74, 6) is -1.83. The minimum atomic E-state index is -1.22. The van der Waals surface area contributed by atoms with E-state index in [1.165, 1.54) is 6.08 Å². The van der Waals surface area contributed by atoms with Gasteiger partial charge in [0.05, 0.1) is 0 Å². The number of rotatable bonds is 7. The van der Waals surface area contributed by atoms with Gasteiger partial charge in [0.1, 0.15) is 6.04 Å². The largest absolute Gasteiger partial charge is 0.480 e. The average Bonchev–Trinajstić information content (AvgIpc) is 2.23. The van der Waals surface area contributed by atoms with E-state index < -0.39 is 23.9 Å². The Morgan fingerprint density at radius 2 is 2.00 bits per heavy atom. The van der Waals surface area contributed by atoms with Gasteiger partial charge in [0, 0.05) is 12.5 Å². The number of carboxylic acids is 1. The van der Waals surface area contributed by atoms with Gasteiger partial charge in [-0.2, -0.15) is 0 Å². The summed E-state index contributed by atoms with van der Waals surface area (Å²) in [6.07, 6.45) is 1.35. The Balaban J connectivity index is 4.24. The topological polar surface area (TPSA) is 122 Å². The number of nitrogens with two attached hydrogens (primary N) is 1. The quantitative estimate of drug-likeness (QED) is 0.453. The first-order valence-electron chi connectivity index (χ1n) is 5.07. The van der Waals surface area contributed by atoms with Gasteiger partial charge in [-0.3, -0.25) is 4.79 Å². The summed E-state index contributed by atoms with van der Waals surface area (Å²) in [4.78, 5) is 32.6. The van der Waals surface area contributed by atoms with Crippen LogP contribution in [0.3, 0.4) is 0 Å². The summed E-state index contributed by atoms with van der Waals surface area (Å²) in [5, 5.41) is 13.5. The predicted molar refractivity (Wildman–Crippen MR) is 61.2 cm³/mol. The van der Waals surface area contributed by atoms with Crippen LogP contribution in [0.2, 0.25) is 0 Å². The second-order valence-corrected chi connectivity index (χ2v) is 3.54. The van der Waals surface area contributed by atoms with Crippen LogP contribution in [-0.4, -0.2) is 35.1 Å². The molecule has 0 bridgehead atoms. The van der Waals surface area contributed by atoms with Crippen LogP contribution in [0.15, 0.2) is 12.7 Å². The van der Waals surface area contributed by atoms with Gasteiger partial charge in [-0.15, -0.1) is 6.58 Å². The highest BCUT2D eigenvalue weighted by Gasteiger charge is 2.20. The predicted octanol–water partition coefficient (Wildman–Crippen LogP) is -0.421. The summed E-state index contributed by atoms with van der Waals surface area (Å²) >= 11 is 0. The standard InChI is InChI=1S/C10H17N3O4/c1-3-6(2)12-10(17)13-7(9(15)16)4-5-8(11)14/h3,6-7H,1,4-5H2,2H3,(H2,11,14)(H,15,16)(H2,12,13,17)/t6?,7-/m0/s1. The van der Waals surface area contributed by atoms with Gasteiger partial charge in [-0.25, -0.2) is 9.59 Å². The van der Waals surface area contributed by atoms with Crippen LogP contribution in [-0.2, 0) is 9.59 Å². The van der Waals surface area contributed by atoms with Crippen molar-refractivity contribution in [3.8, 4) is 0 Å². The van der Waals surface area contributed by atoms with E-state index in [4.69, 9.17) is 10.8 Å². The second kappa shape index (κ2) is 7.26. The molecular weight excluding hydrogens is 226 g/mol. The molecule has 0 saturated carbocycles. The fraction of sp³-hybridized carbons (Fsp3) is 0.500. The van der Waals surface area contributed by atoms with Crippen LogP contribution in [0.4, 0.5) is 4.79 Å². The van der Waals surface area contributed by atoms with Gasteiger partial charge in [0.15, 0.2) is 0 Å². The fourth-order valence-corrected chi connectivity index (χ4v) is 1.01. The van der Waals surface area contributed by atoms with Crippen molar-refractivity contribution in [3.63, 3.8) is 0 Å². The second-order valence-electron chi connectivity index (χ2n) is 3.54. The third kappa shape index (κ3) is 6.93. The zero-order chi connectivity index (χ0) is 13.4. The molecule has 0 aromatic rings. The number of carbonyl (C=O) groups is 3. The van der Waals surface area contributed by atoms with Crippen molar-refractivity contribution in [2.75, 3.05) is 0 Å². The zero-order valence-corrected chi connectivity index (χ0v) is 9.60. The molecule has 0 aromatic carbocycles. The Labute approximate surface area is 99.1 Å². The molecule has 96 valence electrons. The number of primary amides is 1. The number of amides is 3. The maximum Gasteiger partial charge on any atom is 0.326 e. The molecule has 0 aliphatic rings. The number of hydrogen-bond donors (Lipinski definition) is 4. The maximum absolute atomic E-state index is 11.3. The van der Waals surface area contributed by atoms with Crippen molar-refractivity contribution < 1.29 is 19.5 Å². The van der Waals surface area contributed by atoms with Crippen LogP contribution in [0, 0.1) is 0 Å². The molecule has 7 nitrogen and oxygen atoms in total. The average molecular weight is 243 g/mol. The molecule has 3 amide bonds. The van der Waals surface area contributed by atoms with Gasteiger partial charge in [0.2, 0.25) is 5.91 Å². The lowest BCUT2D eigenvalue weighted by Gasteiger charge is -2.16. The minimum Gasteiger partial charge on any atom is -0.480 e. The fourth-order valence-electron chi connectivity index (χ4n) is 1.01. The lowest BCUT2D eigenvalue weighted by molar-refractivity contribution is -0.139. The Morgan fingerprint density at radius 1 is 1.41 bits per heavy atom. The van der Waals surface area contributed by atoms with E-state index >= 15 is 0 Å². The SMILES string of the molecule is C=CC(C)NC(=O)N[C@@H](CCC(N)=O)C(=O)O. The van der Waals surface area contributed by atoms with E-state index in [1.807, 2.05) is 0 Å². The summed E-state index contributed by atoms with van der Waals surface area (Å²) in [6, 6.07) is -2.05. The van der Waals surface area contributed by atoms with E-state index in [0.717, 1.165) is 0 Å². The van der Waals surface area contributed by atoms with E-state index in [1.54, 1.807) is 6.92 Å². The van der Waals surface area contributed by atoms with Crippen LogP contribution in [0.1, 0.15) is 19.8 Å². The molecule has 0 saturated heterocycles. The van der Waals surface area contributed by atoms with Crippen LogP contribution in [0.5, 0.6) is 0 Å². The molecule has 5 N–H and O–H groups in total. The Morgan fingerprint density at radius 3 is 2.41 bits per heavy atom. The molecule has 0 fully saturated rings. The van der Waals surface area contributed by atoms with Crippen molar-refractivity contribution >= 4 is 17.9 Å². The van der Waals surface area contributed by atoms with Crippen LogP contribution >= 0.6 is 0 Å². The van der Waals surface area contributed by atoms with Gasteiger partial charge >= 0.3 is 12.0 Å². The molecule has 0 heterocycles. The zero-order valence-electron chi connectivity index (χ0n) is 9.60. The highest BCUT2D eigenvalue weighted by molar-refractivity contribution is 5.83. The summed E-state index contributed by atoms with van der Waals surface area (Å²) < 4.78 is 0. The molecule has 1 unspecified atom stereocenters. The number of aliphatic carboxylic acids is 1. The normalized spacial score (nSPS) is 13.2. The molecule has 0 aromatic heterocycles. The highest BCUT2D eigenvalue weighted by atomic mass is 16.4. The van der Waals surface area contributed by atoms with Gasteiger partial charge in [0.25, 0.3) is 0 Å². The first-order chi connectivity index (χ1) is 7.86. The molecule has 2 atom stereocenters. The first-order valence-corrected chi connectivity index (χ1v) is 5.07. The monoisotopic (exact) mass is 243 g/mol. The molecule has 7 heteroatoms. The van der Waals surface area contributed by atoms with Gasteiger partial charge in [-0.05, 0) is 13.3 Å². The number of urea groups is 1. The molecule has 17 heavy (non-hydrogen) atoms. The van der Waals surface area contributed by atoms with E-state index in [9.17, 15) is 14.4 Å². The third-order valence-corrected chi connectivity index (χ3v) is 2.00. The molecule has 0 rings (SSSR count). The number of nitrogens with one attached hydrogen (secondary N) is 2. The van der Waals surface area contributed by atoms with Crippen molar-refractivity contribution in [2.45, 2.75) is 31.8 Å². The maximum atomic E-state index is 11.3. The van der Waals surface area contributed by atoms with Gasteiger partial charge in [-0.1, -0.05) is 6.08 Å². The van der Waals surface area contributed by atoms with Crippen LogP contribution in [0.25, 0.3) is 0 Å². The molecule has 0 radical (unpaired) electrons. The molecule has 0 aliphatic heterocycles. The van der Waals surface area contributed by atoms with Crippen molar-refractivity contribution in [1.29, 1.82) is 0 Å². The summed E-state index contributed by atoms with van der Waals surface area (Å²) in [7, 11) is 0. The molecule has 0 spiro atoms. The van der Waals surface area contributed by atoms with Crippen molar-refractivity contribution in [1.82, 2.24) is 10.6 Å². The number of hydrogen-bond acceptors (Lipinski definition) is 3. The third-order valence-electron chi connectivity index (χ3n) is 2.00. The number of carboxylic acid groups (broad SMARTS) is 1. The van der Waals surface area contributed by atoms with E-state index in [2.05, 4.69) is 17.2 Å². The first kappa shape index (κ1) is 14.9. The van der Waals surface area contributed by atoms with E-state index in [0.29, 0.717) is 0 Å². The van der Waals surface area contributed by atoms with E-state index in [-0.39, 0.29) is 18.9 Å². The highest BCUT2D eigenvalue weighted by Crippen LogP contribution is 1.97. The van der Waals surface area contributed by atoms with Crippen molar-refractivity contribution in [3.05, 3.63) is 12.7 Å². The number of carbonyl (C=O) groups excluding carboxylic acids is 2.